The number of amides is 2. The van der Waals surface area contributed by atoms with Crippen LogP contribution in [0.1, 0.15) is 44.1 Å². The van der Waals surface area contributed by atoms with Crippen LogP contribution in [-0.2, 0) is 16.0 Å². The highest BCUT2D eigenvalue weighted by molar-refractivity contribution is 5.79. The SMILES string of the molecule is O=C(CCN1CCCCC1=O)NC(Cc1ccccc1)C1CC(O)C1. The maximum atomic E-state index is 12.4. The van der Waals surface area contributed by atoms with Crippen molar-refractivity contribution in [2.45, 2.75) is 57.1 Å². The summed E-state index contributed by atoms with van der Waals surface area (Å²) in [5, 5.41) is 12.8. The highest BCUT2D eigenvalue weighted by Gasteiger charge is 2.34. The van der Waals surface area contributed by atoms with E-state index in [2.05, 4.69) is 17.4 Å². The van der Waals surface area contributed by atoms with Gasteiger partial charge >= 0.3 is 0 Å². The normalized spacial score (nSPS) is 24.5. The molecule has 1 heterocycles. The number of hydrogen-bond acceptors (Lipinski definition) is 3. The van der Waals surface area contributed by atoms with Crippen LogP contribution < -0.4 is 5.32 Å². The molecular formula is C20H28N2O3. The zero-order valence-corrected chi connectivity index (χ0v) is 14.7. The minimum Gasteiger partial charge on any atom is -0.393 e. The summed E-state index contributed by atoms with van der Waals surface area (Å²) >= 11 is 0. The van der Waals surface area contributed by atoms with Gasteiger partial charge in [-0.15, -0.1) is 0 Å². The minimum absolute atomic E-state index is 0.000643. The van der Waals surface area contributed by atoms with Crippen molar-refractivity contribution in [3.8, 4) is 0 Å². The molecule has 1 unspecified atom stereocenters. The Hall–Kier alpha value is -1.88. The first-order chi connectivity index (χ1) is 12.1. The molecular weight excluding hydrogens is 316 g/mol. The molecule has 1 saturated heterocycles. The third kappa shape index (κ3) is 5.05. The Bertz CT molecular complexity index is 584. The summed E-state index contributed by atoms with van der Waals surface area (Å²) in [6.45, 7) is 1.28. The van der Waals surface area contributed by atoms with Gasteiger partial charge in [0.25, 0.3) is 0 Å². The summed E-state index contributed by atoms with van der Waals surface area (Å²) in [7, 11) is 0. The van der Waals surface area contributed by atoms with Crippen LogP contribution in [0.15, 0.2) is 30.3 Å². The molecule has 0 aromatic heterocycles. The molecule has 5 heteroatoms. The second-order valence-electron chi connectivity index (χ2n) is 7.34. The Kier molecular flexibility index (Phi) is 6.08. The third-order valence-corrected chi connectivity index (χ3v) is 5.39. The molecule has 1 atom stereocenters. The zero-order valence-electron chi connectivity index (χ0n) is 14.7. The van der Waals surface area contributed by atoms with E-state index < -0.39 is 0 Å². The summed E-state index contributed by atoms with van der Waals surface area (Å²) in [6.07, 6.45) is 5.02. The van der Waals surface area contributed by atoms with E-state index in [0.29, 0.717) is 25.3 Å². The molecule has 2 N–H and O–H groups in total. The van der Waals surface area contributed by atoms with Crippen LogP contribution >= 0.6 is 0 Å². The molecule has 0 spiro atoms. The number of benzene rings is 1. The number of carbonyl (C=O) groups excluding carboxylic acids is 2. The Morgan fingerprint density at radius 2 is 2.00 bits per heavy atom. The number of piperidine rings is 1. The Morgan fingerprint density at radius 3 is 2.68 bits per heavy atom. The molecule has 136 valence electrons. The van der Waals surface area contributed by atoms with Crippen molar-refractivity contribution in [2.75, 3.05) is 13.1 Å². The van der Waals surface area contributed by atoms with Crippen molar-refractivity contribution in [1.82, 2.24) is 10.2 Å². The lowest BCUT2D eigenvalue weighted by molar-refractivity contribution is -0.134. The molecule has 2 amide bonds. The van der Waals surface area contributed by atoms with Crippen LogP contribution in [0, 0.1) is 5.92 Å². The number of rotatable bonds is 7. The minimum atomic E-state index is -0.230. The molecule has 2 fully saturated rings. The topological polar surface area (TPSA) is 69.6 Å². The van der Waals surface area contributed by atoms with Crippen LogP contribution in [0.2, 0.25) is 0 Å². The lowest BCUT2D eigenvalue weighted by atomic mass is 9.75. The van der Waals surface area contributed by atoms with E-state index in [9.17, 15) is 14.7 Å². The molecule has 25 heavy (non-hydrogen) atoms. The van der Waals surface area contributed by atoms with E-state index in [1.54, 1.807) is 0 Å². The van der Waals surface area contributed by atoms with Gasteiger partial charge in [0.2, 0.25) is 11.8 Å². The van der Waals surface area contributed by atoms with Crippen LogP contribution in [0.3, 0.4) is 0 Å². The van der Waals surface area contributed by atoms with Gasteiger partial charge in [-0.3, -0.25) is 9.59 Å². The summed E-state index contributed by atoms with van der Waals surface area (Å²) in [6, 6.07) is 10.2. The van der Waals surface area contributed by atoms with E-state index >= 15 is 0 Å². The molecule has 1 aliphatic heterocycles. The highest BCUT2D eigenvalue weighted by atomic mass is 16.3. The fraction of sp³-hybridized carbons (Fsp3) is 0.600. The van der Waals surface area contributed by atoms with Crippen LogP contribution in [0.5, 0.6) is 0 Å². The second kappa shape index (κ2) is 8.48. The molecule has 3 rings (SSSR count). The molecule has 1 aromatic carbocycles. The van der Waals surface area contributed by atoms with Gasteiger partial charge in [-0.2, -0.15) is 0 Å². The number of nitrogens with zero attached hydrogens (tertiary/aromatic N) is 1. The average Bonchev–Trinajstić information content (AvgIpc) is 2.59. The van der Waals surface area contributed by atoms with Crippen molar-refractivity contribution < 1.29 is 14.7 Å². The second-order valence-corrected chi connectivity index (χ2v) is 7.34. The Balaban J connectivity index is 1.52. The van der Waals surface area contributed by atoms with Crippen LogP contribution in [0.4, 0.5) is 0 Å². The smallest absolute Gasteiger partial charge is 0.222 e. The number of carbonyl (C=O) groups is 2. The first-order valence-electron chi connectivity index (χ1n) is 9.41. The summed E-state index contributed by atoms with van der Waals surface area (Å²) in [5.41, 5.74) is 1.19. The van der Waals surface area contributed by atoms with Crippen molar-refractivity contribution in [3.63, 3.8) is 0 Å². The first kappa shape index (κ1) is 17.9. The quantitative estimate of drug-likeness (QED) is 0.794. The van der Waals surface area contributed by atoms with Crippen molar-refractivity contribution in [3.05, 3.63) is 35.9 Å². The van der Waals surface area contributed by atoms with Crippen LogP contribution in [0.25, 0.3) is 0 Å². The lowest BCUT2D eigenvalue weighted by Crippen LogP contribution is -2.49. The Labute approximate surface area is 149 Å². The fourth-order valence-corrected chi connectivity index (χ4v) is 3.78. The maximum Gasteiger partial charge on any atom is 0.222 e. The predicted molar refractivity (Wildman–Crippen MR) is 95.9 cm³/mol. The van der Waals surface area contributed by atoms with Gasteiger partial charge in [0.15, 0.2) is 0 Å². The Morgan fingerprint density at radius 1 is 1.24 bits per heavy atom. The van der Waals surface area contributed by atoms with Crippen LogP contribution in [-0.4, -0.2) is 47.1 Å². The molecule has 2 aliphatic rings. The van der Waals surface area contributed by atoms with E-state index in [1.807, 2.05) is 23.1 Å². The number of nitrogens with one attached hydrogen (secondary N) is 1. The van der Waals surface area contributed by atoms with Gasteiger partial charge in [0.1, 0.15) is 0 Å². The van der Waals surface area contributed by atoms with Gasteiger partial charge in [0.05, 0.1) is 6.10 Å². The molecule has 0 radical (unpaired) electrons. The first-order valence-corrected chi connectivity index (χ1v) is 9.41. The number of likely N-dealkylation sites (tertiary alicyclic amines) is 1. The largest absolute Gasteiger partial charge is 0.393 e. The average molecular weight is 344 g/mol. The van der Waals surface area contributed by atoms with Gasteiger partial charge in [-0.05, 0) is 43.6 Å². The maximum absolute atomic E-state index is 12.4. The van der Waals surface area contributed by atoms with Crippen molar-refractivity contribution in [1.29, 1.82) is 0 Å². The third-order valence-electron chi connectivity index (χ3n) is 5.39. The van der Waals surface area contributed by atoms with Gasteiger partial charge in [-0.1, -0.05) is 30.3 Å². The van der Waals surface area contributed by atoms with Gasteiger partial charge in [-0.25, -0.2) is 0 Å². The van der Waals surface area contributed by atoms with E-state index in [1.165, 1.54) is 5.56 Å². The van der Waals surface area contributed by atoms with Crippen molar-refractivity contribution >= 4 is 11.8 Å². The van der Waals surface area contributed by atoms with Crippen molar-refractivity contribution in [2.24, 2.45) is 5.92 Å². The summed E-state index contributed by atoms with van der Waals surface area (Å²) in [4.78, 5) is 26.1. The summed E-state index contributed by atoms with van der Waals surface area (Å²) in [5.74, 6) is 0.499. The molecule has 0 bridgehead atoms. The van der Waals surface area contributed by atoms with Gasteiger partial charge in [0, 0.05) is 32.0 Å². The fourth-order valence-electron chi connectivity index (χ4n) is 3.78. The number of hydrogen-bond donors (Lipinski definition) is 2. The molecule has 1 aromatic rings. The predicted octanol–water partition coefficient (Wildman–Crippen LogP) is 1.89. The molecule has 1 saturated carbocycles. The standard InChI is InChI=1S/C20H28N2O3/c23-17-13-16(14-17)18(12-15-6-2-1-3-7-15)21-19(24)9-11-22-10-5-4-8-20(22)25/h1-3,6-7,16-18,23H,4-5,8-14H2,(H,21,24). The van der Waals surface area contributed by atoms with E-state index in [-0.39, 0.29) is 24.0 Å². The summed E-state index contributed by atoms with van der Waals surface area (Å²) < 4.78 is 0. The van der Waals surface area contributed by atoms with Gasteiger partial charge < -0.3 is 15.3 Å². The molecule has 5 nitrogen and oxygen atoms in total. The highest BCUT2D eigenvalue weighted by Crippen LogP contribution is 2.31. The van der Waals surface area contributed by atoms with E-state index in [4.69, 9.17) is 0 Å². The monoisotopic (exact) mass is 344 g/mol. The molecule has 1 aliphatic carbocycles. The number of aliphatic hydroxyl groups is 1. The lowest BCUT2D eigenvalue weighted by Gasteiger charge is -2.38. The van der Waals surface area contributed by atoms with E-state index in [0.717, 1.165) is 38.6 Å². The number of aliphatic hydroxyl groups excluding tert-OH is 1. The zero-order chi connectivity index (χ0) is 17.6.